The molecule has 0 radical (unpaired) electrons. The van der Waals surface area contributed by atoms with E-state index in [4.69, 9.17) is 4.52 Å². The maximum atomic E-state index is 13.2. The summed E-state index contributed by atoms with van der Waals surface area (Å²) in [5, 5.41) is 8.65. The Balaban J connectivity index is 1.58. The van der Waals surface area contributed by atoms with Crippen molar-refractivity contribution in [2.75, 3.05) is 6.54 Å². The Morgan fingerprint density at radius 3 is 2.52 bits per heavy atom. The molecule has 3 heterocycles. The minimum atomic E-state index is -0.0145. The van der Waals surface area contributed by atoms with E-state index in [9.17, 15) is 4.79 Å². The molecule has 0 unspecified atom stereocenters. The standard InChI is InChI=1S/C21H24N4O2/c1-14-12-15(2)25(22-14)18-9-7-17(8-10-18)21(26)24-11-5-4-6-20(24)19-13-16(3)27-23-19/h7-10,12-13,20H,4-6,11H2,1-3H3/t20-/m1/s1. The molecule has 0 aliphatic carbocycles. The quantitative estimate of drug-likeness (QED) is 0.700. The highest BCUT2D eigenvalue weighted by Crippen LogP contribution is 2.32. The molecule has 0 spiro atoms. The molecule has 1 aliphatic rings. The zero-order chi connectivity index (χ0) is 19.0. The van der Waals surface area contributed by atoms with Crippen molar-refractivity contribution >= 4 is 5.91 Å². The van der Waals surface area contributed by atoms with Crippen LogP contribution in [0.3, 0.4) is 0 Å². The monoisotopic (exact) mass is 364 g/mol. The molecule has 1 aliphatic heterocycles. The van der Waals surface area contributed by atoms with Gasteiger partial charge in [-0.1, -0.05) is 5.16 Å². The van der Waals surface area contributed by atoms with Crippen LogP contribution in [-0.4, -0.2) is 32.3 Å². The van der Waals surface area contributed by atoms with E-state index >= 15 is 0 Å². The first-order valence-corrected chi connectivity index (χ1v) is 9.41. The topological polar surface area (TPSA) is 64.2 Å². The largest absolute Gasteiger partial charge is 0.361 e. The van der Waals surface area contributed by atoms with E-state index < -0.39 is 0 Å². The van der Waals surface area contributed by atoms with Gasteiger partial charge in [-0.25, -0.2) is 4.68 Å². The van der Waals surface area contributed by atoms with E-state index in [1.807, 2.05) is 66.8 Å². The molecule has 1 fully saturated rings. The third-order valence-corrected chi connectivity index (χ3v) is 5.12. The van der Waals surface area contributed by atoms with Crippen molar-refractivity contribution in [3.63, 3.8) is 0 Å². The van der Waals surface area contributed by atoms with Gasteiger partial charge < -0.3 is 9.42 Å². The molecule has 1 aromatic carbocycles. The van der Waals surface area contributed by atoms with Crippen LogP contribution < -0.4 is 0 Å². The minimum absolute atomic E-state index is 0.0145. The first-order valence-electron chi connectivity index (χ1n) is 9.41. The Morgan fingerprint density at radius 1 is 1.11 bits per heavy atom. The lowest BCUT2D eigenvalue weighted by Crippen LogP contribution is -2.38. The summed E-state index contributed by atoms with van der Waals surface area (Å²) in [7, 11) is 0. The molecule has 1 atom stereocenters. The summed E-state index contributed by atoms with van der Waals surface area (Å²) in [5.74, 6) is 0.817. The van der Waals surface area contributed by atoms with Gasteiger partial charge in [0.2, 0.25) is 0 Å². The summed E-state index contributed by atoms with van der Waals surface area (Å²) in [6, 6.07) is 11.6. The number of amides is 1. The molecule has 1 amide bonds. The number of aryl methyl sites for hydroxylation is 3. The van der Waals surface area contributed by atoms with Crippen LogP contribution in [0, 0.1) is 20.8 Å². The number of likely N-dealkylation sites (tertiary alicyclic amines) is 1. The van der Waals surface area contributed by atoms with E-state index in [1.54, 1.807) is 0 Å². The van der Waals surface area contributed by atoms with Crippen molar-refractivity contribution in [2.24, 2.45) is 0 Å². The second-order valence-corrected chi connectivity index (χ2v) is 7.26. The molecule has 6 nitrogen and oxygen atoms in total. The molecule has 4 rings (SSSR count). The van der Waals surface area contributed by atoms with E-state index in [-0.39, 0.29) is 11.9 Å². The molecular weight excluding hydrogens is 340 g/mol. The molecule has 3 aromatic rings. The van der Waals surface area contributed by atoms with Crippen molar-refractivity contribution in [1.29, 1.82) is 0 Å². The van der Waals surface area contributed by atoms with Crippen LogP contribution in [0.2, 0.25) is 0 Å². The third kappa shape index (κ3) is 3.39. The number of carbonyl (C=O) groups is 1. The lowest BCUT2D eigenvalue weighted by Gasteiger charge is -2.34. The molecule has 2 aromatic heterocycles. The van der Waals surface area contributed by atoms with Gasteiger partial charge in [-0.05, 0) is 70.4 Å². The van der Waals surface area contributed by atoms with Crippen molar-refractivity contribution < 1.29 is 9.32 Å². The highest BCUT2D eigenvalue weighted by molar-refractivity contribution is 5.94. The lowest BCUT2D eigenvalue weighted by molar-refractivity contribution is 0.0602. The van der Waals surface area contributed by atoms with Crippen LogP contribution in [-0.2, 0) is 0 Å². The Morgan fingerprint density at radius 2 is 1.89 bits per heavy atom. The number of carbonyl (C=O) groups excluding carboxylic acids is 1. The molecule has 140 valence electrons. The van der Waals surface area contributed by atoms with Crippen LogP contribution in [0.15, 0.2) is 40.9 Å². The third-order valence-electron chi connectivity index (χ3n) is 5.12. The average molecular weight is 364 g/mol. The average Bonchev–Trinajstić information content (AvgIpc) is 3.26. The predicted molar refractivity (Wildman–Crippen MR) is 102 cm³/mol. The van der Waals surface area contributed by atoms with Crippen molar-refractivity contribution in [3.8, 4) is 5.69 Å². The highest BCUT2D eigenvalue weighted by Gasteiger charge is 2.30. The summed E-state index contributed by atoms with van der Waals surface area (Å²) >= 11 is 0. The van der Waals surface area contributed by atoms with Gasteiger partial charge in [0, 0.05) is 23.9 Å². The van der Waals surface area contributed by atoms with Gasteiger partial charge in [0.25, 0.3) is 5.91 Å². The van der Waals surface area contributed by atoms with Crippen LogP contribution in [0.4, 0.5) is 0 Å². The second-order valence-electron chi connectivity index (χ2n) is 7.26. The molecule has 1 saturated heterocycles. The smallest absolute Gasteiger partial charge is 0.254 e. The predicted octanol–water partition coefficient (Wildman–Crippen LogP) is 4.15. The zero-order valence-corrected chi connectivity index (χ0v) is 16.0. The fraction of sp³-hybridized carbons (Fsp3) is 0.381. The first kappa shape index (κ1) is 17.5. The van der Waals surface area contributed by atoms with Crippen LogP contribution in [0.1, 0.15) is 58.5 Å². The summed E-state index contributed by atoms with van der Waals surface area (Å²) in [6.07, 6.45) is 3.03. The maximum absolute atomic E-state index is 13.2. The lowest BCUT2D eigenvalue weighted by atomic mass is 9.98. The Bertz CT molecular complexity index is 955. The van der Waals surface area contributed by atoms with Gasteiger partial charge in [-0.3, -0.25) is 4.79 Å². The number of hydrogen-bond acceptors (Lipinski definition) is 4. The first-order chi connectivity index (χ1) is 13.0. The highest BCUT2D eigenvalue weighted by atomic mass is 16.5. The number of rotatable bonds is 3. The van der Waals surface area contributed by atoms with Gasteiger partial charge in [0.05, 0.1) is 17.4 Å². The van der Waals surface area contributed by atoms with Crippen molar-refractivity contribution in [3.05, 3.63) is 64.8 Å². The van der Waals surface area contributed by atoms with E-state index in [0.717, 1.165) is 54.3 Å². The molecule has 27 heavy (non-hydrogen) atoms. The number of hydrogen-bond donors (Lipinski definition) is 0. The van der Waals surface area contributed by atoms with E-state index in [0.29, 0.717) is 5.56 Å². The molecule has 6 heteroatoms. The van der Waals surface area contributed by atoms with Gasteiger partial charge >= 0.3 is 0 Å². The van der Waals surface area contributed by atoms with Crippen molar-refractivity contribution in [1.82, 2.24) is 19.8 Å². The van der Waals surface area contributed by atoms with Crippen LogP contribution in [0.5, 0.6) is 0 Å². The Kier molecular flexibility index (Phi) is 4.56. The Hall–Kier alpha value is -2.89. The number of nitrogens with zero attached hydrogens (tertiary/aromatic N) is 4. The van der Waals surface area contributed by atoms with Crippen molar-refractivity contribution in [2.45, 2.75) is 46.1 Å². The zero-order valence-electron chi connectivity index (χ0n) is 16.0. The maximum Gasteiger partial charge on any atom is 0.254 e. The normalized spacial score (nSPS) is 17.3. The number of piperidine rings is 1. The van der Waals surface area contributed by atoms with E-state index in [2.05, 4.69) is 10.3 Å². The van der Waals surface area contributed by atoms with Crippen LogP contribution >= 0.6 is 0 Å². The number of benzene rings is 1. The summed E-state index contributed by atoms with van der Waals surface area (Å²) in [5.41, 5.74) is 4.54. The summed E-state index contributed by atoms with van der Waals surface area (Å²) in [6.45, 7) is 6.62. The van der Waals surface area contributed by atoms with Gasteiger partial charge in [-0.15, -0.1) is 0 Å². The fourth-order valence-corrected chi connectivity index (χ4v) is 3.83. The molecule has 0 N–H and O–H groups in total. The fourth-order valence-electron chi connectivity index (χ4n) is 3.83. The van der Waals surface area contributed by atoms with Crippen LogP contribution in [0.25, 0.3) is 5.69 Å². The SMILES string of the molecule is Cc1cc(C)n(-c2ccc(C(=O)N3CCCC[C@@H]3c3cc(C)on3)cc2)n1. The Labute approximate surface area is 158 Å². The number of aromatic nitrogens is 3. The molecular formula is C21H24N4O2. The molecule has 0 bridgehead atoms. The second kappa shape index (κ2) is 7.02. The summed E-state index contributed by atoms with van der Waals surface area (Å²) < 4.78 is 7.13. The molecule has 0 saturated carbocycles. The van der Waals surface area contributed by atoms with Gasteiger partial charge in [-0.2, -0.15) is 5.10 Å². The summed E-state index contributed by atoms with van der Waals surface area (Å²) in [4.78, 5) is 15.1. The van der Waals surface area contributed by atoms with E-state index in [1.165, 1.54) is 0 Å². The van der Waals surface area contributed by atoms with Gasteiger partial charge in [0.15, 0.2) is 0 Å². The minimum Gasteiger partial charge on any atom is -0.361 e. The van der Waals surface area contributed by atoms with Gasteiger partial charge in [0.1, 0.15) is 11.5 Å².